The summed E-state index contributed by atoms with van der Waals surface area (Å²) in [4.78, 5) is 2.06. The van der Waals surface area contributed by atoms with Gasteiger partial charge in [0.15, 0.2) is 0 Å². The molecule has 0 saturated heterocycles. The summed E-state index contributed by atoms with van der Waals surface area (Å²) >= 11 is 0. The second kappa shape index (κ2) is 4.73. The second-order valence-electron chi connectivity index (χ2n) is 2.10. The van der Waals surface area contributed by atoms with Crippen molar-refractivity contribution >= 4 is 0 Å². The third kappa shape index (κ3) is 3.46. The van der Waals surface area contributed by atoms with Gasteiger partial charge in [-0.05, 0) is 14.0 Å². The van der Waals surface area contributed by atoms with E-state index < -0.39 is 0 Å². The minimum atomic E-state index is 0.175. The van der Waals surface area contributed by atoms with Crippen molar-refractivity contribution in [3.05, 3.63) is 0 Å². The highest BCUT2D eigenvalue weighted by Gasteiger charge is 2.03. The lowest BCUT2D eigenvalue weighted by molar-refractivity contribution is -0.00151. The molecule has 0 aliphatic carbocycles. The second-order valence-corrected chi connectivity index (χ2v) is 2.10. The first-order valence-electron chi connectivity index (χ1n) is 3.15. The molecule has 0 aliphatic heterocycles. The number of ether oxygens (including phenoxy) is 1. The molecular weight excluding hydrogens is 116 g/mol. The van der Waals surface area contributed by atoms with Crippen molar-refractivity contribution in [1.82, 2.24) is 4.90 Å². The summed E-state index contributed by atoms with van der Waals surface area (Å²) in [7, 11) is 3.68. The summed E-state index contributed by atoms with van der Waals surface area (Å²) in [5.41, 5.74) is 5.32. The highest BCUT2D eigenvalue weighted by Crippen LogP contribution is 1.92. The van der Waals surface area contributed by atoms with Gasteiger partial charge in [0, 0.05) is 20.2 Å². The maximum Gasteiger partial charge on any atom is 0.107 e. The van der Waals surface area contributed by atoms with E-state index in [1.807, 2.05) is 14.0 Å². The van der Waals surface area contributed by atoms with Crippen LogP contribution in [0.5, 0.6) is 0 Å². The van der Waals surface area contributed by atoms with Crippen LogP contribution in [0.1, 0.15) is 6.92 Å². The van der Waals surface area contributed by atoms with Crippen LogP contribution in [0, 0.1) is 0 Å². The fourth-order valence-corrected chi connectivity index (χ4v) is 0.565. The molecule has 1 unspecified atom stereocenters. The predicted molar refractivity (Wildman–Crippen MR) is 38.2 cm³/mol. The average Bonchev–Trinajstić information content (AvgIpc) is 1.87. The molecule has 0 radical (unpaired) electrons. The third-order valence-electron chi connectivity index (χ3n) is 1.44. The number of nitrogens with two attached hydrogens (primary N) is 1. The Kier molecular flexibility index (Phi) is 4.67. The highest BCUT2D eigenvalue weighted by atomic mass is 16.5. The molecule has 0 aromatic rings. The SMILES string of the molecule is COC(C)N(C)CCN. The molecule has 0 spiro atoms. The number of methoxy groups -OCH3 is 1. The molecule has 0 aromatic heterocycles. The van der Waals surface area contributed by atoms with E-state index >= 15 is 0 Å². The van der Waals surface area contributed by atoms with Gasteiger partial charge in [0.25, 0.3) is 0 Å². The molecular formula is C6H16N2O. The molecule has 2 N–H and O–H groups in total. The molecule has 9 heavy (non-hydrogen) atoms. The molecule has 56 valence electrons. The zero-order valence-corrected chi connectivity index (χ0v) is 6.42. The van der Waals surface area contributed by atoms with E-state index in [1.54, 1.807) is 7.11 Å². The number of nitrogens with zero attached hydrogens (tertiary/aromatic N) is 1. The molecule has 0 saturated carbocycles. The van der Waals surface area contributed by atoms with Crippen molar-refractivity contribution in [3.8, 4) is 0 Å². The zero-order chi connectivity index (χ0) is 7.28. The van der Waals surface area contributed by atoms with E-state index in [2.05, 4.69) is 4.90 Å². The van der Waals surface area contributed by atoms with Gasteiger partial charge in [0.05, 0.1) is 0 Å². The molecule has 0 aromatic carbocycles. The summed E-state index contributed by atoms with van der Waals surface area (Å²) in [6.07, 6.45) is 0.175. The van der Waals surface area contributed by atoms with Crippen LogP contribution >= 0.6 is 0 Å². The fraction of sp³-hybridized carbons (Fsp3) is 1.00. The quantitative estimate of drug-likeness (QED) is 0.541. The first-order valence-corrected chi connectivity index (χ1v) is 3.15. The van der Waals surface area contributed by atoms with Gasteiger partial charge in [-0.1, -0.05) is 0 Å². The van der Waals surface area contributed by atoms with Gasteiger partial charge in [-0.25, -0.2) is 0 Å². The van der Waals surface area contributed by atoms with Crippen LogP contribution in [0.15, 0.2) is 0 Å². The molecule has 1 atom stereocenters. The summed E-state index contributed by atoms with van der Waals surface area (Å²) < 4.78 is 5.03. The minimum absolute atomic E-state index is 0.175. The zero-order valence-electron chi connectivity index (χ0n) is 6.42. The van der Waals surface area contributed by atoms with Crippen LogP contribution in [0.2, 0.25) is 0 Å². The Balaban J connectivity index is 3.32. The van der Waals surface area contributed by atoms with Gasteiger partial charge in [-0.2, -0.15) is 0 Å². The number of likely N-dealkylation sites (N-methyl/N-ethyl adjacent to an activating group) is 1. The normalized spacial score (nSPS) is 14.3. The smallest absolute Gasteiger partial charge is 0.107 e. The first-order chi connectivity index (χ1) is 4.22. The summed E-state index contributed by atoms with van der Waals surface area (Å²) in [5.74, 6) is 0. The number of hydrogen-bond donors (Lipinski definition) is 1. The Morgan fingerprint density at radius 3 is 2.56 bits per heavy atom. The molecule has 3 heteroatoms. The first kappa shape index (κ1) is 8.88. The third-order valence-corrected chi connectivity index (χ3v) is 1.44. The molecule has 0 heterocycles. The van der Waals surface area contributed by atoms with Crippen LogP contribution in [0.3, 0.4) is 0 Å². The van der Waals surface area contributed by atoms with Crippen LogP contribution in [-0.4, -0.2) is 38.4 Å². The average molecular weight is 132 g/mol. The largest absolute Gasteiger partial charge is 0.367 e. The highest BCUT2D eigenvalue weighted by molar-refractivity contribution is 4.51. The van der Waals surface area contributed by atoms with Gasteiger partial charge in [0.1, 0.15) is 6.23 Å². The van der Waals surface area contributed by atoms with Gasteiger partial charge in [-0.3, -0.25) is 4.90 Å². The maximum absolute atomic E-state index is 5.32. The number of hydrogen-bond acceptors (Lipinski definition) is 3. The van der Waals surface area contributed by atoms with E-state index in [4.69, 9.17) is 10.5 Å². The van der Waals surface area contributed by atoms with Gasteiger partial charge in [0.2, 0.25) is 0 Å². The summed E-state index contributed by atoms with van der Waals surface area (Å²) in [6.45, 7) is 3.56. The lowest BCUT2D eigenvalue weighted by Gasteiger charge is -2.21. The van der Waals surface area contributed by atoms with Crippen molar-refractivity contribution in [2.24, 2.45) is 5.73 Å². The molecule has 0 aliphatic rings. The van der Waals surface area contributed by atoms with E-state index in [9.17, 15) is 0 Å². The van der Waals surface area contributed by atoms with Crippen molar-refractivity contribution in [2.75, 3.05) is 27.2 Å². The van der Waals surface area contributed by atoms with E-state index in [-0.39, 0.29) is 6.23 Å². The Hall–Kier alpha value is -0.120. The van der Waals surface area contributed by atoms with Crippen molar-refractivity contribution in [2.45, 2.75) is 13.2 Å². The van der Waals surface area contributed by atoms with Gasteiger partial charge >= 0.3 is 0 Å². The van der Waals surface area contributed by atoms with Crippen molar-refractivity contribution in [1.29, 1.82) is 0 Å². The van der Waals surface area contributed by atoms with Crippen LogP contribution in [0.4, 0.5) is 0 Å². The van der Waals surface area contributed by atoms with Crippen molar-refractivity contribution in [3.63, 3.8) is 0 Å². The fourth-order valence-electron chi connectivity index (χ4n) is 0.565. The summed E-state index contributed by atoms with van der Waals surface area (Å²) in [5, 5.41) is 0. The Bertz CT molecular complexity index is 68.1. The number of rotatable bonds is 4. The van der Waals surface area contributed by atoms with Crippen molar-refractivity contribution < 1.29 is 4.74 Å². The monoisotopic (exact) mass is 132 g/mol. The Labute approximate surface area is 56.8 Å². The molecule has 0 rings (SSSR count). The minimum Gasteiger partial charge on any atom is -0.367 e. The Morgan fingerprint density at radius 2 is 2.22 bits per heavy atom. The molecule has 0 bridgehead atoms. The molecule has 3 nitrogen and oxygen atoms in total. The van der Waals surface area contributed by atoms with Crippen LogP contribution in [-0.2, 0) is 4.74 Å². The van der Waals surface area contributed by atoms with Crippen LogP contribution < -0.4 is 5.73 Å². The van der Waals surface area contributed by atoms with Gasteiger partial charge in [-0.15, -0.1) is 0 Å². The standard InChI is InChI=1S/C6H16N2O/c1-6(9-3)8(2)5-4-7/h6H,4-5,7H2,1-3H3. The van der Waals surface area contributed by atoms with E-state index in [1.165, 1.54) is 0 Å². The Morgan fingerprint density at radius 1 is 1.67 bits per heavy atom. The van der Waals surface area contributed by atoms with Crippen LogP contribution in [0.25, 0.3) is 0 Å². The molecule has 0 fully saturated rings. The maximum atomic E-state index is 5.32. The lowest BCUT2D eigenvalue weighted by atomic mass is 10.5. The molecule has 0 amide bonds. The van der Waals surface area contributed by atoms with E-state index in [0.717, 1.165) is 6.54 Å². The van der Waals surface area contributed by atoms with E-state index in [0.29, 0.717) is 6.54 Å². The van der Waals surface area contributed by atoms with Gasteiger partial charge < -0.3 is 10.5 Å². The summed E-state index contributed by atoms with van der Waals surface area (Å²) in [6, 6.07) is 0. The topological polar surface area (TPSA) is 38.5 Å². The predicted octanol–water partition coefficient (Wildman–Crippen LogP) is -0.131. The lowest BCUT2D eigenvalue weighted by Crippen LogP contribution is -2.34.